The SMILES string of the molecule is CCN(C)C=Nc1cc(C)c(C(=O)N(C)Cc2ccccc2C(F)(F)F)cc1C. The largest absolute Gasteiger partial charge is 0.416 e. The van der Waals surface area contributed by atoms with Crippen LogP contribution in [0.3, 0.4) is 0 Å². The van der Waals surface area contributed by atoms with Crippen molar-refractivity contribution < 1.29 is 18.0 Å². The van der Waals surface area contributed by atoms with Gasteiger partial charge in [0.1, 0.15) is 0 Å². The fourth-order valence-corrected chi connectivity index (χ4v) is 2.88. The molecule has 2 aromatic rings. The Morgan fingerprint density at radius 1 is 1.10 bits per heavy atom. The first-order valence-electron chi connectivity index (χ1n) is 9.30. The van der Waals surface area contributed by atoms with Gasteiger partial charge in [-0.2, -0.15) is 13.2 Å². The minimum absolute atomic E-state index is 0.0639. The van der Waals surface area contributed by atoms with Crippen LogP contribution in [0.1, 0.15) is 39.5 Å². The van der Waals surface area contributed by atoms with Gasteiger partial charge in [0.25, 0.3) is 5.91 Å². The summed E-state index contributed by atoms with van der Waals surface area (Å²) >= 11 is 0. The topological polar surface area (TPSA) is 35.9 Å². The second-order valence-corrected chi connectivity index (χ2v) is 7.09. The zero-order valence-electron chi connectivity index (χ0n) is 17.3. The Labute approximate surface area is 169 Å². The monoisotopic (exact) mass is 405 g/mol. The van der Waals surface area contributed by atoms with Crippen molar-refractivity contribution >= 4 is 17.9 Å². The number of carbonyl (C=O) groups excluding carboxylic acids is 1. The zero-order valence-corrected chi connectivity index (χ0v) is 17.3. The second-order valence-electron chi connectivity index (χ2n) is 7.09. The third-order valence-corrected chi connectivity index (χ3v) is 4.74. The highest BCUT2D eigenvalue weighted by Crippen LogP contribution is 2.32. The number of hydrogen-bond donors (Lipinski definition) is 0. The fraction of sp³-hybridized carbons (Fsp3) is 0.364. The highest BCUT2D eigenvalue weighted by molar-refractivity contribution is 5.96. The van der Waals surface area contributed by atoms with Crippen LogP contribution < -0.4 is 0 Å². The van der Waals surface area contributed by atoms with Crippen LogP contribution >= 0.6 is 0 Å². The number of rotatable bonds is 6. The lowest BCUT2D eigenvalue weighted by molar-refractivity contribution is -0.138. The second kappa shape index (κ2) is 9.11. The predicted octanol–water partition coefficient (Wildman–Crippen LogP) is 5.21. The van der Waals surface area contributed by atoms with Crippen molar-refractivity contribution in [3.05, 3.63) is 64.2 Å². The first-order chi connectivity index (χ1) is 13.5. The van der Waals surface area contributed by atoms with Gasteiger partial charge in [-0.3, -0.25) is 4.79 Å². The van der Waals surface area contributed by atoms with Crippen LogP contribution in [0.4, 0.5) is 18.9 Å². The van der Waals surface area contributed by atoms with Crippen molar-refractivity contribution in [1.29, 1.82) is 0 Å². The van der Waals surface area contributed by atoms with Gasteiger partial charge in [-0.25, -0.2) is 4.99 Å². The highest BCUT2D eigenvalue weighted by Gasteiger charge is 2.33. The van der Waals surface area contributed by atoms with E-state index < -0.39 is 11.7 Å². The number of amides is 1. The molecule has 0 aliphatic heterocycles. The molecule has 0 spiro atoms. The van der Waals surface area contributed by atoms with E-state index in [-0.39, 0.29) is 18.0 Å². The van der Waals surface area contributed by atoms with Gasteiger partial charge in [0.2, 0.25) is 0 Å². The molecule has 29 heavy (non-hydrogen) atoms. The predicted molar refractivity (Wildman–Crippen MR) is 110 cm³/mol. The van der Waals surface area contributed by atoms with E-state index in [1.807, 2.05) is 31.9 Å². The molecular formula is C22H26F3N3O. The maximum atomic E-state index is 13.2. The molecule has 0 radical (unpaired) electrons. The maximum absolute atomic E-state index is 13.2. The summed E-state index contributed by atoms with van der Waals surface area (Å²) in [5, 5.41) is 0. The molecule has 4 nitrogen and oxygen atoms in total. The molecule has 0 aliphatic carbocycles. The van der Waals surface area contributed by atoms with E-state index in [0.717, 1.165) is 29.4 Å². The average molecular weight is 405 g/mol. The van der Waals surface area contributed by atoms with Crippen LogP contribution in [-0.4, -0.2) is 42.7 Å². The first kappa shape index (κ1) is 22.5. The number of nitrogens with zero attached hydrogens (tertiary/aromatic N) is 3. The Bertz CT molecular complexity index is 907. The lowest BCUT2D eigenvalue weighted by Gasteiger charge is -2.21. The van der Waals surface area contributed by atoms with Crippen molar-refractivity contribution in [3.8, 4) is 0 Å². The van der Waals surface area contributed by atoms with Crippen LogP contribution in [0.2, 0.25) is 0 Å². The summed E-state index contributed by atoms with van der Waals surface area (Å²) in [5.74, 6) is -0.330. The number of hydrogen-bond acceptors (Lipinski definition) is 2. The van der Waals surface area contributed by atoms with E-state index in [1.165, 1.54) is 24.1 Å². The van der Waals surface area contributed by atoms with Gasteiger partial charge in [0, 0.05) is 32.7 Å². The van der Waals surface area contributed by atoms with Crippen LogP contribution in [0.5, 0.6) is 0 Å². The molecule has 0 N–H and O–H groups in total. The molecule has 0 heterocycles. The van der Waals surface area contributed by atoms with Crippen LogP contribution in [0.25, 0.3) is 0 Å². The third-order valence-electron chi connectivity index (χ3n) is 4.74. The summed E-state index contributed by atoms with van der Waals surface area (Å²) < 4.78 is 39.7. The lowest BCUT2D eigenvalue weighted by atomic mass is 10.0. The number of alkyl halides is 3. The van der Waals surface area contributed by atoms with Crippen LogP contribution in [-0.2, 0) is 12.7 Å². The molecular weight excluding hydrogens is 379 g/mol. The minimum atomic E-state index is -4.46. The molecule has 156 valence electrons. The number of aliphatic imine (C=N–C) groups is 1. The van der Waals surface area contributed by atoms with Crippen molar-refractivity contribution in [2.24, 2.45) is 4.99 Å². The van der Waals surface area contributed by atoms with Gasteiger partial charge >= 0.3 is 6.18 Å². The molecule has 0 saturated heterocycles. The fourth-order valence-electron chi connectivity index (χ4n) is 2.88. The Balaban J connectivity index is 2.27. The van der Waals surface area contributed by atoms with Gasteiger partial charge in [-0.1, -0.05) is 18.2 Å². The molecule has 0 aliphatic rings. The highest BCUT2D eigenvalue weighted by atomic mass is 19.4. The zero-order chi connectivity index (χ0) is 21.8. The Morgan fingerprint density at radius 3 is 2.38 bits per heavy atom. The maximum Gasteiger partial charge on any atom is 0.416 e. The molecule has 0 fully saturated rings. The van der Waals surface area contributed by atoms with E-state index in [1.54, 1.807) is 25.4 Å². The Morgan fingerprint density at radius 2 is 1.76 bits per heavy atom. The molecule has 0 saturated carbocycles. The average Bonchev–Trinajstić information content (AvgIpc) is 2.66. The molecule has 0 bridgehead atoms. The molecule has 7 heteroatoms. The smallest absolute Gasteiger partial charge is 0.366 e. The van der Waals surface area contributed by atoms with Gasteiger partial charge in [-0.15, -0.1) is 0 Å². The molecule has 2 aromatic carbocycles. The Hall–Kier alpha value is -2.83. The number of halogens is 3. The summed E-state index contributed by atoms with van der Waals surface area (Å²) in [4.78, 5) is 20.6. The summed E-state index contributed by atoms with van der Waals surface area (Å²) in [6.45, 7) is 6.36. The van der Waals surface area contributed by atoms with E-state index >= 15 is 0 Å². The van der Waals surface area contributed by atoms with Crippen LogP contribution in [0.15, 0.2) is 41.4 Å². The van der Waals surface area contributed by atoms with Gasteiger partial charge in [0.05, 0.1) is 17.6 Å². The van der Waals surface area contributed by atoms with Crippen molar-refractivity contribution in [2.75, 3.05) is 20.6 Å². The van der Waals surface area contributed by atoms with E-state index in [9.17, 15) is 18.0 Å². The van der Waals surface area contributed by atoms with Gasteiger partial charge in [-0.05, 0) is 55.7 Å². The summed E-state index contributed by atoms with van der Waals surface area (Å²) in [6.07, 6.45) is -2.73. The van der Waals surface area contributed by atoms with Gasteiger partial charge in [0.15, 0.2) is 0 Å². The third kappa shape index (κ3) is 5.59. The summed E-state index contributed by atoms with van der Waals surface area (Å²) in [6, 6.07) is 8.87. The van der Waals surface area contributed by atoms with Gasteiger partial charge < -0.3 is 9.80 Å². The quantitative estimate of drug-likeness (QED) is 0.489. The molecule has 0 atom stereocenters. The summed E-state index contributed by atoms with van der Waals surface area (Å²) in [7, 11) is 3.42. The van der Waals surface area contributed by atoms with E-state index in [4.69, 9.17) is 0 Å². The van der Waals surface area contributed by atoms with Crippen molar-refractivity contribution in [1.82, 2.24) is 9.80 Å². The normalized spacial score (nSPS) is 11.7. The minimum Gasteiger partial charge on any atom is -0.366 e. The summed E-state index contributed by atoms with van der Waals surface area (Å²) in [5.41, 5.74) is 2.10. The standard InChI is InChI=1S/C22H26F3N3O/c1-6-27(4)14-26-20-12-15(2)18(11-16(20)3)21(29)28(5)13-17-9-7-8-10-19(17)22(23,24)25/h7-12,14H,6,13H2,1-5H3. The van der Waals surface area contributed by atoms with Crippen molar-refractivity contribution in [2.45, 2.75) is 33.5 Å². The molecule has 1 amide bonds. The van der Waals surface area contributed by atoms with Crippen LogP contribution in [0, 0.1) is 13.8 Å². The lowest BCUT2D eigenvalue weighted by Crippen LogP contribution is -2.28. The van der Waals surface area contributed by atoms with E-state index in [0.29, 0.717) is 5.56 Å². The first-order valence-corrected chi connectivity index (χ1v) is 9.30. The molecule has 0 aromatic heterocycles. The number of aryl methyl sites for hydroxylation is 2. The molecule has 0 unspecified atom stereocenters. The number of carbonyl (C=O) groups is 1. The Kier molecular flexibility index (Phi) is 7.06. The number of benzene rings is 2. The molecule has 2 rings (SSSR count). The van der Waals surface area contributed by atoms with E-state index in [2.05, 4.69) is 4.99 Å². The van der Waals surface area contributed by atoms with Crippen molar-refractivity contribution in [3.63, 3.8) is 0 Å².